The van der Waals surface area contributed by atoms with Gasteiger partial charge in [-0.15, -0.1) is 0 Å². The predicted octanol–water partition coefficient (Wildman–Crippen LogP) is 5.17. The zero-order chi connectivity index (χ0) is 15.2. The predicted molar refractivity (Wildman–Crippen MR) is 93.3 cm³/mol. The number of hydrogen-bond donors (Lipinski definition) is 0. The van der Waals surface area contributed by atoms with Crippen LogP contribution in [0.2, 0.25) is 0 Å². The van der Waals surface area contributed by atoms with Gasteiger partial charge in [0, 0.05) is 17.1 Å². The molecule has 0 saturated carbocycles. The van der Waals surface area contributed by atoms with Gasteiger partial charge in [-0.3, -0.25) is 4.90 Å². The van der Waals surface area contributed by atoms with Crippen molar-refractivity contribution in [2.75, 3.05) is 13.1 Å². The quantitative estimate of drug-likeness (QED) is 0.757. The SMILES string of the molecule is CCCN1CCCC[C@H]1c1ccc(Sc2ccccc2)nc1. The number of likely N-dealkylation sites (tertiary alicyclic amines) is 1. The van der Waals surface area contributed by atoms with Crippen LogP contribution in [0.3, 0.4) is 0 Å². The second-order valence-electron chi connectivity index (χ2n) is 5.89. The Morgan fingerprint density at radius 3 is 2.73 bits per heavy atom. The first kappa shape index (κ1) is 15.6. The first-order chi connectivity index (χ1) is 10.9. The Bertz CT molecular complexity index is 566. The molecule has 3 rings (SSSR count). The molecule has 3 heteroatoms. The molecule has 1 saturated heterocycles. The number of nitrogens with zero attached hydrogens (tertiary/aromatic N) is 2. The fourth-order valence-electron chi connectivity index (χ4n) is 3.18. The smallest absolute Gasteiger partial charge is 0.101 e. The monoisotopic (exact) mass is 312 g/mol. The van der Waals surface area contributed by atoms with Crippen LogP contribution in [0, 0.1) is 0 Å². The van der Waals surface area contributed by atoms with E-state index in [9.17, 15) is 0 Å². The molecule has 0 N–H and O–H groups in total. The summed E-state index contributed by atoms with van der Waals surface area (Å²) in [5.74, 6) is 0. The lowest BCUT2D eigenvalue weighted by Crippen LogP contribution is -2.34. The molecule has 1 aromatic carbocycles. The lowest BCUT2D eigenvalue weighted by Gasteiger charge is -2.35. The van der Waals surface area contributed by atoms with Gasteiger partial charge in [-0.1, -0.05) is 49.4 Å². The van der Waals surface area contributed by atoms with Crippen LogP contribution < -0.4 is 0 Å². The van der Waals surface area contributed by atoms with Gasteiger partial charge in [0.1, 0.15) is 5.03 Å². The molecule has 1 aliphatic rings. The standard InChI is InChI=1S/C19H24N2S/c1-2-13-21-14-7-6-10-18(21)16-11-12-19(20-15-16)22-17-8-4-3-5-9-17/h3-5,8-9,11-12,15,18H,2,6-7,10,13-14H2,1H3/t18-/m0/s1. The summed E-state index contributed by atoms with van der Waals surface area (Å²) in [7, 11) is 0. The summed E-state index contributed by atoms with van der Waals surface area (Å²) in [5.41, 5.74) is 1.38. The van der Waals surface area contributed by atoms with E-state index < -0.39 is 0 Å². The van der Waals surface area contributed by atoms with Gasteiger partial charge in [-0.2, -0.15) is 0 Å². The summed E-state index contributed by atoms with van der Waals surface area (Å²) in [5, 5.41) is 1.08. The number of aromatic nitrogens is 1. The van der Waals surface area contributed by atoms with E-state index >= 15 is 0 Å². The van der Waals surface area contributed by atoms with Gasteiger partial charge in [-0.05, 0) is 56.1 Å². The summed E-state index contributed by atoms with van der Waals surface area (Å²) in [4.78, 5) is 8.55. The molecular weight excluding hydrogens is 288 g/mol. The van der Waals surface area contributed by atoms with E-state index in [-0.39, 0.29) is 0 Å². The van der Waals surface area contributed by atoms with E-state index in [0.717, 1.165) is 5.03 Å². The molecule has 0 spiro atoms. The molecule has 2 aromatic rings. The maximum absolute atomic E-state index is 4.68. The highest BCUT2D eigenvalue weighted by Gasteiger charge is 2.23. The molecule has 0 unspecified atom stereocenters. The van der Waals surface area contributed by atoms with Crippen LogP contribution in [0.15, 0.2) is 58.6 Å². The van der Waals surface area contributed by atoms with Gasteiger partial charge >= 0.3 is 0 Å². The second-order valence-corrected chi connectivity index (χ2v) is 6.99. The van der Waals surface area contributed by atoms with Crippen LogP contribution in [0.4, 0.5) is 0 Å². The number of benzene rings is 1. The Morgan fingerprint density at radius 1 is 1.14 bits per heavy atom. The third-order valence-corrected chi connectivity index (χ3v) is 5.19. The van der Waals surface area contributed by atoms with Crippen LogP contribution in [0.1, 0.15) is 44.2 Å². The highest BCUT2D eigenvalue weighted by Crippen LogP contribution is 2.32. The Morgan fingerprint density at radius 2 is 2.00 bits per heavy atom. The Balaban J connectivity index is 1.70. The largest absolute Gasteiger partial charge is 0.296 e. The molecule has 1 fully saturated rings. The van der Waals surface area contributed by atoms with Crippen molar-refractivity contribution in [1.29, 1.82) is 0 Å². The number of pyridine rings is 1. The minimum absolute atomic E-state index is 0.567. The normalized spacial score (nSPS) is 19.2. The molecule has 1 atom stereocenters. The van der Waals surface area contributed by atoms with Gasteiger partial charge in [0.2, 0.25) is 0 Å². The lowest BCUT2D eigenvalue weighted by atomic mass is 9.96. The van der Waals surface area contributed by atoms with Crippen molar-refractivity contribution in [2.45, 2.75) is 48.6 Å². The van der Waals surface area contributed by atoms with E-state index in [4.69, 9.17) is 0 Å². The van der Waals surface area contributed by atoms with Gasteiger partial charge in [0.15, 0.2) is 0 Å². The average Bonchev–Trinajstić information content (AvgIpc) is 2.58. The van der Waals surface area contributed by atoms with Gasteiger partial charge in [0.05, 0.1) is 0 Å². The van der Waals surface area contributed by atoms with Gasteiger partial charge in [-0.25, -0.2) is 4.98 Å². The molecule has 2 nitrogen and oxygen atoms in total. The Kier molecular flexibility index (Phi) is 5.52. The van der Waals surface area contributed by atoms with E-state index in [2.05, 4.69) is 59.4 Å². The summed E-state index contributed by atoms with van der Waals surface area (Å²) < 4.78 is 0. The minimum atomic E-state index is 0.567. The fraction of sp³-hybridized carbons (Fsp3) is 0.421. The molecule has 1 aromatic heterocycles. The Labute approximate surface area is 138 Å². The summed E-state index contributed by atoms with van der Waals surface area (Å²) in [6.07, 6.45) is 7.26. The molecule has 2 heterocycles. The second kappa shape index (κ2) is 7.80. The van der Waals surface area contributed by atoms with Crippen LogP contribution in [-0.2, 0) is 0 Å². The van der Waals surface area contributed by atoms with E-state index in [1.165, 1.54) is 49.2 Å². The number of rotatable bonds is 5. The minimum Gasteiger partial charge on any atom is -0.296 e. The first-order valence-electron chi connectivity index (χ1n) is 8.29. The van der Waals surface area contributed by atoms with Crippen molar-refractivity contribution >= 4 is 11.8 Å². The van der Waals surface area contributed by atoms with Crippen molar-refractivity contribution in [3.8, 4) is 0 Å². The average molecular weight is 312 g/mol. The van der Waals surface area contributed by atoms with Crippen molar-refractivity contribution in [1.82, 2.24) is 9.88 Å². The van der Waals surface area contributed by atoms with Gasteiger partial charge in [0.25, 0.3) is 0 Å². The molecule has 0 radical (unpaired) electrons. The van der Waals surface area contributed by atoms with Crippen LogP contribution in [-0.4, -0.2) is 23.0 Å². The van der Waals surface area contributed by atoms with Crippen molar-refractivity contribution in [3.05, 3.63) is 54.2 Å². The van der Waals surface area contributed by atoms with E-state index in [1.54, 1.807) is 11.8 Å². The zero-order valence-electron chi connectivity index (χ0n) is 13.2. The maximum atomic E-state index is 4.68. The third-order valence-electron chi connectivity index (χ3n) is 4.23. The van der Waals surface area contributed by atoms with Crippen LogP contribution >= 0.6 is 11.8 Å². The van der Waals surface area contributed by atoms with Crippen LogP contribution in [0.5, 0.6) is 0 Å². The molecule has 22 heavy (non-hydrogen) atoms. The molecule has 116 valence electrons. The Hall–Kier alpha value is -1.32. The van der Waals surface area contributed by atoms with Crippen molar-refractivity contribution < 1.29 is 0 Å². The maximum Gasteiger partial charge on any atom is 0.101 e. The molecule has 0 amide bonds. The number of piperidine rings is 1. The van der Waals surface area contributed by atoms with Crippen molar-refractivity contribution in [3.63, 3.8) is 0 Å². The number of hydrogen-bond acceptors (Lipinski definition) is 3. The van der Waals surface area contributed by atoms with Gasteiger partial charge < -0.3 is 0 Å². The molecule has 0 bridgehead atoms. The lowest BCUT2D eigenvalue weighted by molar-refractivity contribution is 0.148. The third kappa shape index (κ3) is 3.90. The van der Waals surface area contributed by atoms with Crippen LogP contribution in [0.25, 0.3) is 0 Å². The molecule has 1 aliphatic heterocycles. The fourth-order valence-corrected chi connectivity index (χ4v) is 3.96. The van der Waals surface area contributed by atoms with Crippen molar-refractivity contribution in [2.24, 2.45) is 0 Å². The first-order valence-corrected chi connectivity index (χ1v) is 9.11. The zero-order valence-corrected chi connectivity index (χ0v) is 14.1. The summed E-state index contributed by atoms with van der Waals surface area (Å²) in [6, 6.07) is 15.5. The van der Waals surface area contributed by atoms with E-state index in [1.807, 2.05) is 6.07 Å². The topological polar surface area (TPSA) is 16.1 Å². The highest BCUT2D eigenvalue weighted by molar-refractivity contribution is 7.99. The van der Waals surface area contributed by atoms with E-state index in [0.29, 0.717) is 6.04 Å². The molecular formula is C19H24N2S. The summed E-state index contributed by atoms with van der Waals surface area (Å²) >= 11 is 1.73. The molecule has 0 aliphatic carbocycles. The highest BCUT2D eigenvalue weighted by atomic mass is 32.2. The summed E-state index contributed by atoms with van der Waals surface area (Å²) in [6.45, 7) is 4.70.